The molecule has 0 saturated carbocycles. The first-order valence-corrected chi connectivity index (χ1v) is 17.5. The number of esters is 1. The summed E-state index contributed by atoms with van der Waals surface area (Å²) >= 11 is 0. The van der Waals surface area contributed by atoms with Crippen LogP contribution in [0.15, 0.2) is 115 Å². The lowest BCUT2D eigenvalue weighted by Gasteiger charge is -2.35. The van der Waals surface area contributed by atoms with Crippen molar-refractivity contribution in [1.82, 2.24) is 0 Å². The Morgan fingerprint density at radius 2 is 0.886 bits per heavy atom. The van der Waals surface area contributed by atoms with E-state index in [2.05, 4.69) is 13.0 Å². The predicted molar refractivity (Wildman–Crippen MR) is 188 cm³/mol. The average Bonchev–Trinajstić information content (AvgIpc) is 3.07. The van der Waals surface area contributed by atoms with Crippen LogP contribution in [-0.4, -0.2) is 5.97 Å². The first-order valence-electron chi connectivity index (χ1n) is 17.5. The van der Waals surface area contributed by atoms with Gasteiger partial charge in [-0.25, -0.2) is 4.79 Å². The summed E-state index contributed by atoms with van der Waals surface area (Å²) in [6, 6.07) is 30.0. The lowest BCUT2D eigenvalue weighted by atomic mass is 9.80. The van der Waals surface area contributed by atoms with E-state index in [9.17, 15) is 4.79 Å². The Labute approximate surface area is 268 Å². The van der Waals surface area contributed by atoms with Crippen LogP contribution in [0.3, 0.4) is 0 Å². The Kier molecular flexibility index (Phi) is 17.7. The van der Waals surface area contributed by atoms with Gasteiger partial charge in [0.05, 0.1) is 0 Å². The van der Waals surface area contributed by atoms with E-state index in [0.29, 0.717) is 0 Å². The van der Waals surface area contributed by atoms with Gasteiger partial charge in [-0.05, 0) is 12.8 Å². The van der Waals surface area contributed by atoms with Gasteiger partial charge in [0.1, 0.15) is 0 Å². The quantitative estimate of drug-likeness (QED) is 0.0360. The smallest absolute Gasteiger partial charge is 0.332 e. The van der Waals surface area contributed by atoms with Crippen molar-refractivity contribution in [3.63, 3.8) is 0 Å². The third kappa shape index (κ3) is 12.7. The van der Waals surface area contributed by atoms with Crippen molar-refractivity contribution in [2.24, 2.45) is 0 Å². The van der Waals surface area contributed by atoms with Crippen LogP contribution in [-0.2, 0) is 15.1 Å². The Morgan fingerprint density at radius 1 is 0.523 bits per heavy atom. The summed E-state index contributed by atoms with van der Waals surface area (Å²) in [6.45, 7) is 2.29. The number of hydrogen-bond donors (Lipinski definition) is 0. The number of benzene rings is 3. The van der Waals surface area contributed by atoms with Crippen LogP contribution in [0.25, 0.3) is 0 Å². The molecule has 3 rings (SSSR count). The molecule has 236 valence electrons. The van der Waals surface area contributed by atoms with Crippen molar-refractivity contribution in [3.05, 3.63) is 132 Å². The number of hydrogen-bond acceptors (Lipinski definition) is 2. The third-order valence-corrected chi connectivity index (χ3v) is 8.50. The summed E-state index contributed by atoms with van der Waals surface area (Å²) in [6.07, 6.45) is 30.7. The Morgan fingerprint density at radius 3 is 1.27 bits per heavy atom. The number of allylic oxidation sites excluding steroid dienone is 3. The molecule has 0 amide bonds. The molecule has 3 aromatic carbocycles. The molecule has 2 nitrogen and oxygen atoms in total. The Balaban J connectivity index is 1.35. The monoisotopic (exact) mass is 592 g/mol. The third-order valence-electron chi connectivity index (χ3n) is 8.50. The van der Waals surface area contributed by atoms with Crippen LogP contribution in [0.1, 0.15) is 133 Å². The van der Waals surface area contributed by atoms with Crippen molar-refractivity contribution in [2.45, 2.75) is 122 Å². The zero-order chi connectivity index (χ0) is 31.0. The van der Waals surface area contributed by atoms with Gasteiger partial charge in [0.2, 0.25) is 0 Å². The van der Waals surface area contributed by atoms with Gasteiger partial charge in [-0.1, -0.05) is 212 Å². The summed E-state index contributed by atoms with van der Waals surface area (Å²) in [7, 11) is 0. The summed E-state index contributed by atoms with van der Waals surface area (Å²) in [5, 5.41) is 0. The molecule has 3 aromatic rings. The van der Waals surface area contributed by atoms with Gasteiger partial charge in [-0.3, -0.25) is 0 Å². The van der Waals surface area contributed by atoms with Gasteiger partial charge in [-0.15, -0.1) is 0 Å². The highest BCUT2D eigenvalue weighted by Gasteiger charge is 2.40. The highest BCUT2D eigenvalue weighted by molar-refractivity contribution is 5.83. The largest absolute Gasteiger partial charge is 0.441 e. The topological polar surface area (TPSA) is 26.3 Å². The van der Waals surface area contributed by atoms with Gasteiger partial charge in [0.15, 0.2) is 5.60 Å². The van der Waals surface area contributed by atoms with E-state index in [1.807, 2.05) is 97.1 Å². The molecule has 0 N–H and O–H groups in total. The van der Waals surface area contributed by atoms with Gasteiger partial charge in [0.25, 0.3) is 0 Å². The van der Waals surface area contributed by atoms with E-state index in [4.69, 9.17) is 4.74 Å². The maximum absolute atomic E-state index is 13.2. The molecule has 0 saturated heterocycles. The second-order valence-corrected chi connectivity index (χ2v) is 12.1. The fraction of sp³-hybridized carbons (Fsp3) is 0.452. The van der Waals surface area contributed by atoms with E-state index in [1.165, 1.54) is 109 Å². The molecule has 44 heavy (non-hydrogen) atoms. The van der Waals surface area contributed by atoms with E-state index in [-0.39, 0.29) is 5.97 Å². The molecule has 0 heterocycles. The zero-order valence-electron chi connectivity index (χ0n) is 27.3. The molecule has 0 aromatic heterocycles. The molecular formula is C42H56O2. The summed E-state index contributed by atoms with van der Waals surface area (Å²) in [4.78, 5) is 13.2. The molecule has 0 atom stereocenters. The normalized spacial score (nSPS) is 11.8. The van der Waals surface area contributed by atoms with Gasteiger partial charge < -0.3 is 4.74 Å². The molecule has 0 fully saturated rings. The minimum absolute atomic E-state index is 0.367. The molecule has 0 aliphatic rings. The van der Waals surface area contributed by atoms with Gasteiger partial charge in [0, 0.05) is 22.8 Å². The average molecular weight is 593 g/mol. The molecule has 0 spiro atoms. The van der Waals surface area contributed by atoms with Crippen LogP contribution in [0.4, 0.5) is 0 Å². The van der Waals surface area contributed by atoms with Crippen molar-refractivity contribution in [1.29, 1.82) is 0 Å². The number of rotatable bonds is 23. The highest BCUT2D eigenvalue weighted by atomic mass is 16.6. The first kappa shape index (κ1) is 35.1. The molecule has 0 unspecified atom stereocenters. The lowest BCUT2D eigenvalue weighted by molar-refractivity contribution is -0.147. The van der Waals surface area contributed by atoms with Crippen molar-refractivity contribution in [3.8, 4) is 0 Å². The van der Waals surface area contributed by atoms with Crippen LogP contribution in [0, 0.1) is 0 Å². The van der Waals surface area contributed by atoms with Crippen molar-refractivity contribution in [2.75, 3.05) is 0 Å². The van der Waals surface area contributed by atoms with E-state index >= 15 is 0 Å². The maximum atomic E-state index is 13.2. The summed E-state index contributed by atoms with van der Waals surface area (Å²) in [5.41, 5.74) is 1.71. The fourth-order valence-corrected chi connectivity index (χ4v) is 6.00. The predicted octanol–water partition coefficient (Wildman–Crippen LogP) is 12.3. The molecule has 0 aliphatic carbocycles. The second-order valence-electron chi connectivity index (χ2n) is 12.1. The SMILES string of the molecule is CCCCCCCCCCCCCCCCCCC=CC=CC(=O)OC(c1ccccc1)(c1ccccc1)c1ccccc1. The second kappa shape index (κ2) is 22.2. The van der Waals surface area contributed by atoms with E-state index < -0.39 is 5.60 Å². The minimum Gasteiger partial charge on any atom is -0.441 e. The molecular weight excluding hydrogens is 536 g/mol. The zero-order valence-corrected chi connectivity index (χ0v) is 27.3. The number of ether oxygens (including phenoxy) is 1. The van der Waals surface area contributed by atoms with E-state index in [0.717, 1.165) is 23.1 Å². The maximum Gasteiger partial charge on any atom is 0.332 e. The van der Waals surface area contributed by atoms with Crippen LogP contribution >= 0.6 is 0 Å². The molecule has 2 heteroatoms. The molecule has 0 bridgehead atoms. The van der Waals surface area contributed by atoms with Crippen LogP contribution in [0.5, 0.6) is 0 Å². The Bertz CT molecular complexity index is 1080. The molecule has 0 aliphatic heterocycles. The van der Waals surface area contributed by atoms with Crippen LogP contribution in [0.2, 0.25) is 0 Å². The van der Waals surface area contributed by atoms with Gasteiger partial charge >= 0.3 is 5.97 Å². The fourth-order valence-electron chi connectivity index (χ4n) is 6.00. The van der Waals surface area contributed by atoms with Crippen molar-refractivity contribution >= 4 is 5.97 Å². The van der Waals surface area contributed by atoms with Crippen LogP contribution < -0.4 is 0 Å². The van der Waals surface area contributed by atoms with E-state index in [1.54, 1.807) is 6.08 Å². The lowest BCUT2D eigenvalue weighted by Crippen LogP contribution is -2.34. The molecule has 0 radical (unpaired) electrons. The summed E-state index contributed by atoms with van der Waals surface area (Å²) < 4.78 is 6.38. The highest BCUT2D eigenvalue weighted by Crippen LogP contribution is 2.40. The number of unbranched alkanes of at least 4 members (excludes halogenated alkanes) is 16. The van der Waals surface area contributed by atoms with Crippen molar-refractivity contribution < 1.29 is 9.53 Å². The standard InChI is InChI=1S/C42H56O2/c1-2-3-4-5-6-7-8-9-10-11-12-13-14-15-16-17-18-19-20-30-37-41(43)44-42(38-31-24-21-25-32-38,39-33-26-22-27-34-39)40-35-28-23-29-36-40/h19-37H,2-18H2,1H3. The minimum atomic E-state index is -1.04. The van der Waals surface area contributed by atoms with Gasteiger partial charge in [-0.2, -0.15) is 0 Å². The number of carbonyl (C=O) groups excluding carboxylic acids is 1. The first-order chi connectivity index (χ1) is 21.8. The Hall–Kier alpha value is -3.39. The number of carbonyl (C=O) groups is 1. The summed E-state index contributed by atoms with van der Waals surface area (Å²) in [5.74, 6) is -0.367.